The summed E-state index contributed by atoms with van der Waals surface area (Å²) >= 11 is 6.22. The fourth-order valence-electron chi connectivity index (χ4n) is 2.80. The summed E-state index contributed by atoms with van der Waals surface area (Å²) in [6.07, 6.45) is -3.82. The van der Waals surface area contributed by atoms with Crippen LogP contribution in [-0.4, -0.2) is 37.7 Å². The molecule has 1 aliphatic rings. The first-order valence-corrected chi connectivity index (χ1v) is 9.42. The molecule has 0 saturated carbocycles. The average molecular weight is 443 g/mol. The number of nitrogens with one attached hydrogen (secondary N) is 2. The maximum Gasteiger partial charge on any atom is 0.405 e. The van der Waals surface area contributed by atoms with Crippen molar-refractivity contribution < 1.29 is 32.2 Å². The van der Waals surface area contributed by atoms with Gasteiger partial charge in [-0.1, -0.05) is 17.7 Å². The van der Waals surface area contributed by atoms with Crippen LogP contribution in [0.4, 0.5) is 18.9 Å². The van der Waals surface area contributed by atoms with Gasteiger partial charge in [0.1, 0.15) is 6.54 Å². The molecule has 0 bridgehead atoms. The summed E-state index contributed by atoms with van der Waals surface area (Å²) in [5, 5.41) is 4.73. The molecule has 1 aliphatic heterocycles. The van der Waals surface area contributed by atoms with Crippen molar-refractivity contribution in [3.63, 3.8) is 0 Å². The van der Waals surface area contributed by atoms with Crippen LogP contribution in [0.15, 0.2) is 36.4 Å². The van der Waals surface area contributed by atoms with Crippen LogP contribution >= 0.6 is 11.6 Å². The monoisotopic (exact) mass is 442 g/mol. The topological polar surface area (TPSA) is 76.7 Å². The van der Waals surface area contributed by atoms with Gasteiger partial charge >= 0.3 is 6.18 Å². The van der Waals surface area contributed by atoms with Crippen LogP contribution in [0.3, 0.4) is 0 Å². The van der Waals surface area contributed by atoms with E-state index in [4.69, 9.17) is 21.1 Å². The number of anilines is 1. The largest absolute Gasteiger partial charge is 0.489 e. The standard InChI is InChI=1S/C20H18ClF3N2O4/c21-15-7-12(8-16-18(15)30-6-2-5-29-16)9-17(27)26-14-4-1-3-13(10-14)19(28)25-11-20(22,23)24/h1,3-4,7-8,10H,2,5-6,9,11H2,(H,25,28)(H,26,27). The van der Waals surface area contributed by atoms with Crippen molar-refractivity contribution in [2.45, 2.75) is 19.0 Å². The van der Waals surface area contributed by atoms with E-state index in [-0.39, 0.29) is 17.7 Å². The van der Waals surface area contributed by atoms with Crippen molar-refractivity contribution in [3.8, 4) is 11.5 Å². The number of ether oxygens (including phenoxy) is 2. The summed E-state index contributed by atoms with van der Waals surface area (Å²) in [5.41, 5.74) is 0.872. The molecule has 0 radical (unpaired) electrons. The molecule has 10 heteroatoms. The number of carbonyl (C=O) groups is 2. The second-order valence-corrected chi connectivity index (χ2v) is 6.97. The molecule has 6 nitrogen and oxygen atoms in total. The van der Waals surface area contributed by atoms with E-state index in [9.17, 15) is 22.8 Å². The van der Waals surface area contributed by atoms with E-state index >= 15 is 0 Å². The van der Waals surface area contributed by atoms with E-state index in [0.29, 0.717) is 41.7 Å². The van der Waals surface area contributed by atoms with Crippen molar-refractivity contribution >= 4 is 29.1 Å². The number of benzene rings is 2. The zero-order valence-electron chi connectivity index (χ0n) is 15.6. The van der Waals surface area contributed by atoms with Gasteiger partial charge in [-0.15, -0.1) is 0 Å². The number of rotatable bonds is 5. The molecule has 0 fully saturated rings. The minimum absolute atomic E-state index is 0.00401. The zero-order chi connectivity index (χ0) is 21.7. The molecular formula is C20H18ClF3N2O4. The van der Waals surface area contributed by atoms with Gasteiger partial charge < -0.3 is 20.1 Å². The van der Waals surface area contributed by atoms with Crippen LogP contribution in [0, 0.1) is 0 Å². The third-order valence-corrected chi connectivity index (χ3v) is 4.37. The van der Waals surface area contributed by atoms with Gasteiger partial charge in [0, 0.05) is 17.7 Å². The van der Waals surface area contributed by atoms with E-state index in [1.807, 2.05) is 0 Å². The number of fused-ring (bicyclic) bond motifs is 1. The van der Waals surface area contributed by atoms with E-state index in [1.54, 1.807) is 17.4 Å². The van der Waals surface area contributed by atoms with Crippen LogP contribution in [0.25, 0.3) is 0 Å². The van der Waals surface area contributed by atoms with Crippen molar-refractivity contribution in [2.24, 2.45) is 0 Å². The molecule has 0 saturated heterocycles. The third-order valence-electron chi connectivity index (χ3n) is 4.08. The molecule has 2 aromatic rings. The van der Waals surface area contributed by atoms with Crippen molar-refractivity contribution in [3.05, 3.63) is 52.5 Å². The lowest BCUT2D eigenvalue weighted by atomic mass is 10.1. The second kappa shape index (κ2) is 9.25. The maximum absolute atomic E-state index is 12.4. The van der Waals surface area contributed by atoms with E-state index in [1.165, 1.54) is 24.3 Å². The first-order chi connectivity index (χ1) is 14.2. The lowest BCUT2D eigenvalue weighted by Crippen LogP contribution is -2.33. The van der Waals surface area contributed by atoms with Gasteiger partial charge in [0.2, 0.25) is 5.91 Å². The smallest absolute Gasteiger partial charge is 0.405 e. The fourth-order valence-corrected chi connectivity index (χ4v) is 3.09. The van der Waals surface area contributed by atoms with Gasteiger partial charge in [-0.05, 0) is 35.9 Å². The zero-order valence-corrected chi connectivity index (χ0v) is 16.4. The van der Waals surface area contributed by atoms with Gasteiger partial charge in [-0.25, -0.2) is 0 Å². The lowest BCUT2D eigenvalue weighted by molar-refractivity contribution is -0.123. The van der Waals surface area contributed by atoms with Gasteiger partial charge in [0.15, 0.2) is 11.5 Å². The molecule has 1 heterocycles. The van der Waals surface area contributed by atoms with Crippen LogP contribution in [0.1, 0.15) is 22.3 Å². The Bertz CT molecular complexity index is 950. The third kappa shape index (κ3) is 6.03. The second-order valence-electron chi connectivity index (χ2n) is 6.56. The van der Waals surface area contributed by atoms with Crippen LogP contribution in [0.5, 0.6) is 11.5 Å². The van der Waals surface area contributed by atoms with E-state index in [0.717, 1.165) is 0 Å². The van der Waals surface area contributed by atoms with Crippen molar-refractivity contribution in [1.82, 2.24) is 5.32 Å². The van der Waals surface area contributed by atoms with Crippen LogP contribution in [-0.2, 0) is 11.2 Å². The molecule has 160 valence electrons. The molecular weight excluding hydrogens is 425 g/mol. The average Bonchev–Trinajstić information content (AvgIpc) is 2.91. The Morgan fingerprint density at radius 2 is 1.87 bits per heavy atom. The van der Waals surface area contributed by atoms with Crippen LogP contribution in [0.2, 0.25) is 5.02 Å². The highest BCUT2D eigenvalue weighted by Gasteiger charge is 2.28. The predicted molar refractivity (Wildman–Crippen MR) is 104 cm³/mol. The van der Waals surface area contributed by atoms with Gasteiger partial charge in [-0.3, -0.25) is 9.59 Å². The Morgan fingerprint density at radius 3 is 2.63 bits per heavy atom. The van der Waals surface area contributed by atoms with Crippen molar-refractivity contribution in [2.75, 3.05) is 25.1 Å². The normalized spacial score (nSPS) is 13.3. The molecule has 0 atom stereocenters. The molecule has 2 amide bonds. The summed E-state index contributed by atoms with van der Waals surface area (Å²) in [4.78, 5) is 24.3. The highest BCUT2D eigenvalue weighted by Crippen LogP contribution is 2.38. The Hall–Kier alpha value is -2.94. The summed E-state index contributed by atoms with van der Waals surface area (Å²) in [6.45, 7) is -0.477. The minimum atomic E-state index is -4.51. The first kappa shape index (κ1) is 21.8. The number of halogens is 4. The number of amides is 2. The summed E-state index contributed by atoms with van der Waals surface area (Å²) in [6, 6.07) is 8.92. The number of hydrogen-bond acceptors (Lipinski definition) is 4. The quantitative estimate of drug-likeness (QED) is 0.734. The Balaban J connectivity index is 1.65. The number of alkyl halides is 3. The SMILES string of the molecule is O=C(Cc1cc(Cl)c2c(c1)OCCCO2)Nc1cccc(C(=O)NCC(F)(F)F)c1. The molecule has 0 aromatic heterocycles. The van der Waals surface area contributed by atoms with Crippen molar-refractivity contribution in [1.29, 1.82) is 0 Å². The lowest BCUT2D eigenvalue weighted by Gasteiger charge is -2.12. The molecule has 2 N–H and O–H groups in total. The van der Waals surface area contributed by atoms with Gasteiger partial charge in [0.05, 0.1) is 24.7 Å². The molecule has 0 spiro atoms. The van der Waals surface area contributed by atoms with E-state index < -0.39 is 24.5 Å². The summed E-state index contributed by atoms with van der Waals surface area (Å²) in [5.74, 6) is -0.381. The van der Waals surface area contributed by atoms with Gasteiger partial charge in [0.25, 0.3) is 5.91 Å². The highest BCUT2D eigenvalue weighted by molar-refractivity contribution is 6.32. The Kier molecular flexibility index (Phi) is 6.71. The molecule has 30 heavy (non-hydrogen) atoms. The fraction of sp³-hybridized carbons (Fsp3) is 0.300. The maximum atomic E-state index is 12.4. The number of hydrogen-bond donors (Lipinski definition) is 2. The molecule has 0 aliphatic carbocycles. The summed E-state index contributed by atoms with van der Waals surface area (Å²) in [7, 11) is 0. The van der Waals surface area contributed by atoms with Gasteiger partial charge in [-0.2, -0.15) is 13.2 Å². The van der Waals surface area contributed by atoms with E-state index in [2.05, 4.69) is 5.32 Å². The Labute approximate surface area is 175 Å². The number of carbonyl (C=O) groups excluding carboxylic acids is 2. The Morgan fingerprint density at radius 1 is 1.10 bits per heavy atom. The first-order valence-electron chi connectivity index (χ1n) is 9.04. The predicted octanol–water partition coefficient (Wildman–Crippen LogP) is 3.97. The minimum Gasteiger partial charge on any atom is -0.489 e. The molecule has 3 rings (SSSR count). The molecule has 2 aromatic carbocycles. The molecule has 0 unspecified atom stereocenters. The van der Waals surface area contributed by atoms with Crippen LogP contribution < -0.4 is 20.1 Å². The highest BCUT2D eigenvalue weighted by atomic mass is 35.5. The summed E-state index contributed by atoms with van der Waals surface area (Å²) < 4.78 is 47.9.